The molecule has 7 nitrogen and oxygen atoms in total. The largest absolute Gasteiger partial charge is 0.545 e. The van der Waals surface area contributed by atoms with Gasteiger partial charge < -0.3 is 15.2 Å². The Hall–Kier alpha value is -3.42. The van der Waals surface area contributed by atoms with Gasteiger partial charge in [0.25, 0.3) is 5.91 Å². The number of benzene rings is 3. The second kappa shape index (κ2) is 8.30. The number of nitro groups is 1. The summed E-state index contributed by atoms with van der Waals surface area (Å²) < 4.78 is 0. The number of amides is 1. The standard InChI is InChI=1S/C20H12Cl2N2O5/c21-12-6-7-14(16(22)10-12)19(25)23-17-15(20(26)27)9-8-13(18(17)24(28)29)11-4-2-1-3-5-11/h1-10H,(H,23,25)(H,26,27)/p-1. The number of nitro benzene ring substituents is 1. The summed E-state index contributed by atoms with van der Waals surface area (Å²) in [6.07, 6.45) is 0. The Morgan fingerprint density at radius 1 is 0.931 bits per heavy atom. The number of nitrogens with one attached hydrogen (secondary N) is 1. The van der Waals surface area contributed by atoms with Crippen LogP contribution in [0.5, 0.6) is 0 Å². The van der Waals surface area contributed by atoms with Crippen molar-refractivity contribution in [3.8, 4) is 11.1 Å². The molecule has 0 heterocycles. The first-order valence-corrected chi connectivity index (χ1v) is 8.89. The molecule has 0 spiro atoms. The maximum Gasteiger partial charge on any atom is 0.301 e. The quantitative estimate of drug-likeness (QED) is 0.482. The molecule has 9 heteroatoms. The van der Waals surface area contributed by atoms with Gasteiger partial charge >= 0.3 is 5.69 Å². The number of carboxylic acid groups (broad SMARTS) is 1. The van der Waals surface area contributed by atoms with Crippen molar-refractivity contribution in [2.24, 2.45) is 0 Å². The zero-order chi connectivity index (χ0) is 21.1. The molecule has 0 atom stereocenters. The van der Waals surface area contributed by atoms with Gasteiger partial charge in [0, 0.05) is 10.6 Å². The van der Waals surface area contributed by atoms with Gasteiger partial charge in [-0.3, -0.25) is 14.9 Å². The van der Waals surface area contributed by atoms with Crippen molar-refractivity contribution in [1.29, 1.82) is 0 Å². The van der Waals surface area contributed by atoms with Gasteiger partial charge in [0.2, 0.25) is 0 Å². The number of carboxylic acids is 1. The van der Waals surface area contributed by atoms with Crippen LogP contribution in [0.15, 0.2) is 60.7 Å². The maximum atomic E-state index is 12.7. The summed E-state index contributed by atoms with van der Waals surface area (Å²) in [7, 11) is 0. The molecule has 0 aliphatic carbocycles. The van der Waals surface area contributed by atoms with Gasteiger partial charge in [-0.25, -0.2) is 0 Å². The van der Waals surface area contributed by atoms with Crippen molar-refractivity contribution in [1.82, 2.24) is 0 Å². The van der Waals surface area contributed by atoms with Crippen LogP contribution in [0.1, 0.15) is 20.7 Å². The highest BCUT2D eigenvalue weighted by molar-refractivity contribution is 6.37. The molecule has 3 aromatic carbocycles. The lowest BCUT2D eigenvalue weighted by Gasteiger charge is -2.15. The third-order valence-electron chi connectivity index (χ3n) is 4.08. The molecule has 29 heavy (non-hydrogen) atoms. The fourth-order valence-corrected chi connectivity index (χ4v) is 3.28. The maximum absolute atomic E-state index is 12.7. The van der Waals surface area contributed by atoms with Crippen LogP contribution in [0.25, 0.3) is 11.1 Å². The van der Waals surface area contributed by atoms with Gasteiger partial charge in [-0.1, -0.05) is 53.5 Å². The predicted molar refractivity (Wildman–Crippen MR) is 107 cm³/mol. The average Bonchev–Trinajstić information content (AvgIpc) is 2.67. The molecule has 0 fully saturated rings. The zero-order valence-electron chi connectivity index (χ0n) is 14.5. The van der Waals surface area contributed by atoms with Crippen LogP contribution in [-0.2, 0) is 0 Å². The molecule has 0 aliphatic rings. The third kappa shape index (κ3) is 4.21. The van der Waals surface area contributed by atoms with E-state index in [4.69, 9.17) is 23.2 Å². The summed E-state index contributed by atoms with van der Waals surface area (Å²) in [4.78, 5) is 35.3. The number of hydrogen-bond acceptors (Lipinski definition) is 5. The Morgan fingerprint density at radius 2 is 1.59 bits per heavy atom. The fraction of sp³-hybridized carbons (Fsp3) is 0. The Balaban J connectivity index is 2.18. The lowest BCUT2D eigenvalue weighted by Crippen LogP contribution is -2.25. The van der Waals surface area contributed by atoms with Crippen molar-refractivity contribution in [3.63, 3.8) is 0 Å². The minimum Gasteiger partial charge on any atom is -0.545 e. The van der Waals surface area contributed by atoms with Crippen LogP contribution in [0, 0.1) is 10.1 Å². The number of carbonyl (C=O) groups is 2. The van der Waals surface area contributed by atoms with E-state index >= 15 is 0 Å². The van der Waals surface area contributed by atoms with E-state index in [9.17, 15) is 24.8 Å². The summed E-state index contributed by atoms with van der Waals surface area (Å²) in [5, 5.41) is 26.0. The van der Waals surface area contributed by atoms with Gasteiger partial charge in [0.1, 0.15) is 5.69 Å². The highest BCUT2D eigenvalue weighted by Gasteiger charge is 2.27. The van der Waals surface area contributed by atoms with Gasteiger partial charge in [0.15, 0.2) is 0 Å². The molecular weight excluding hydrogens is 419 g/mol. The SMILES string of the molecule is O=C(Nc1c(C(=O)[O-])ccc(-c2ccccc2)c1[N+](=O)[O-])c1ccc(Cl)cc1Cl. The van der Waals surface area contributed by atoms with Crippen LogP contribution in [0.3, 0.4) is 0 Å². The van der Waals surface area contributed by atoms with Crippen LogP contribution in [0.4, 0.5) is 11.4 Å². The van der Waals surface area contributed by atoms with Crippen LogP contribution in [0.2, 0.25) is 10.0 Å². The Bertz CT molecular complexity index is 1130. The number of anilines is 1. The van der Waals surface area contributed by atoms with E-state index in [-0.39, 0.29) is 16.1 Å². The Labute approximate surface area is 174 Å². The van der Waals surface area contributed by atoms with Crippen LogP contribution < -0.4 is 10.4 Å². The highest BCUT2D eigenvalue weighted by Crippen LogP contribution is 2.39. The van der Waals surface area contributed by atoms with E-state index in [1.807, 2.05) is 0 Å². The van der Waals surface area contributed by atoms with E-state index in [2.05, 4.69) is 5.32 Å². The lowest BCUT2D eigenvalue weighted by atomic mass is 9.99. The van der Waals surface area contributed by atoms with Crippen molar-refractivity contribution >= 4 is 46.5 Å². The van der Waals surface area contributed by atoms with Crippen molar-refractivity contribution < 1.29 is 19.6 Å². The Kier molecular flexibility index (Phi) is 5.81. The molecule has 3 rings (SSSR count). The van der Waals surface area contributed by atoms with Gasteiger partial charge in [-0.15, -0.1) is 0 Å². The summed E-state index contributed by atoms with van der Waals surface area (Å²) in [5.41, 5.74) is -1.01. The summed E-state index contributed by atoms with van der Waals surface area (Å²) in [6, 6.07) is 14.8. The summed E-state index contributed by atoms with van der Waals surface area (Å²) in [6.45, 7) is 0. The minimum absolute atomic E-state index is 0.00636. The molecule has 0 bridgehead atoms. The highest BCUT2D eigenvalue weighted by atomic mass is 35.5. The number of hydrogen-bond donors (Lipinski definition) is 1. The van der Waals surface area contributed by atoms with E-state index in [0.717, 1.165) is 6.07 Å². The summed E-state index contributed by atoms with van der Waals surface area (Å²) in [5.74, 6) is -2.51. The molecule has 146 valence electrons. The summed E-state index contributed by atoms with van der Waals surface area (Å²) >= 11 is 11.8. The smallest absolute Gasteiger partial charge is 0.301 e. The molecule has 1 N–H and O–H groups in total. The lowest BCUT2D eigenvalue weighted by molar-refractivity contribution is -0.383. The molecule has 1 amide bonds. The van der Waals surface area contributed by atoms with Crippen molar-refractivity contribution in [3.05, 3.63) is 92.0 Å². The van der Waals surface area contributed by atoms with E-state index < -0.39 is 33.7 Å². The number of carbonyl (C=O) groups excluding carboxylic acids is 2. The van der Waals surface area contributed by atoms with E-state index in [1.165, 1.54) is 24.3 Å². The Morgan fingerprint density at radius 3 is 2.17 bits per heavy atom. The average molecular weight is 430 g/mol. The van der Waals surface area contributed by atoms with Crippen LogP contribution >= 0.6 is 23.2 Å². The van der Waals surface area contributed by atoms with Crippen molar-refractivity contribution in [2.75, 3.05) is 5.32 Å². The van der Waals surface area contributed by atoms with E-state index in [0.29, 0.717) is 10.6 Å². The molecule has 0 unspecified atom stereocenters. The monoisotopic (exact) mass is 429 g/mol. The van der Waals surface area contributed by atoms with Gasteiger partial charge in [0.05, 0.1) is 27.0 Å². The minimum atomic E-state index is -1.68. The third-order valence-corrected chi connectivity index (χ3v) is 4.63. The first kappa shape index (κ1) is 20.3. The molecule has 0 radical (unpaired) electrons. The van der Waals surface area contributed by atoms with E-state index in [1.54, 1.807) is 30.3 Å². The molecular formula is C20H11Cl2N2O5-. The fourth-order valence-electron chi connectivity index (χ4n) is 2.78. The molecule has 0 aromatic heterocycles. The van der Waals surface area contributed by atoms with Gasteiger partial charge in [-0.05, 0) is 35.9 Å². The molecule has 0 aliphatic heterocycles. The number of halogens is 2. The predicted octanol–water partition coefficient (Wildman–Crippen LogP) is 4.18. The number of aromatic carboxylic acids is 1. The molecule has 0 saturated carbocycles. The zero-order valence-corrected chi connectivity index (χ0v) is 16.0. The number of nitrogens with zero attached hydrogens (tertiary/aromatic N) is 1. The normalized spacial score (nSPS) is 10.4. The first-order valence-electron chi connectivity index (χ1n) is 8.14. The second-order valence-electron chi connectivity index (χ2n) is 5.87. The molecule has 3 aromatic rings. The first-order chi connectivity index (χ1) is 13.8. The van der Waals surface area contributed by atoms with Crippen molar-refractivity contribution in [2.45, 2.75) is 0 Å². The van der Waals surface area contributed by atoms with Crippen LogP contribution in [-0.4, -0.2) is 16.8 Å². The van der Waals surface area contributed by atoms with Gasteiger partial charge in [-0.2, -0.15) is 0 Å². The topological polar surface area (TPSA) is 112 Å². The molecule has 0 saturated heterocycles. The second-order valence-corrected chi connectivity index (χ2v) is 6.72. The number of rotatable bonds is 5.